The van der Waals surface area contributed by atoms with E-state index in [-0.39, 0.29) is 5.60 Å². The Labute approximate surface area is 124 Å². The van der Waals surface area contributed by atoms with Crippen LogP contribution in [-0.4, -0.2) is 41.6 Å². The zero-order valence-electron chi connectivity index (χ0n) is 11.4. The van der Waals surface area contributed by atoms with Crippen molar-refractivity contribution in [1.29, 1.82) is 0 Å². The number of hydrogen-bond acceptors (Lipinski definition) is 2. The van der Waals surface area contributed by atoms with Crippen LogP contribution in [0.1, 0.15) is 24.8 Å². The van der Waals surface area contributed by atoms with Gasteiger partial charge in [0.1, 0.15) is 0 Å². The topological polar surface area (TPSA) is 12.5 Å². The molecule has 1 aromatic carbocycles. The van der Waals surface area contributed by atoms with Crippen molar-refractivity contribution in [3.05, 3.63) is 35.9 Å². The fraction of sp³-hybridized carbons (Fsp3) is 0.625. The second kappa shape index (κ2) is 5.94. The Hall–Kier alpha value is -0.380. The summed E-state index contributed by atoms with van der Waals surface area (Å²) in [6, 6.07) is 10.8. The van der Waals surface area contributed by atoms with Crippen molar-refractivity contribution in [2.45, 2.75) is 36.1 Å². The maximum absolute atomic E-state index is 6.03. The van der Waals surface area contributed by atoms with E-state index in [0.29, 0.717) is 4.83 Å². The van der Waals surface area contributed by atoms with E-state index in [0.717, 1.165) is 13.0 Å². The lowest BCUT2D eigenvalue weighted by Crippen LogP contribution is -2.44. The summed E-state index contributed by atoms with van der Waals surface area (Å²) in [4.78, 5) is 3.16. The van der Waals surface area contributed by atoms with Gasteiger partial charge in [-0.2, -0.15) is 0 Å². The first-order valence-electron chi connectivity index (χ1n) is 7.30. The van der Waals surface area contributed by atoms with Crippen LogP contribution < -0.4 is 0 Å². The van der Waals surface area contributed by atoms with Crippen molar-refractivity contribution in [2.24, 2.45) is 0 Å². The molecule has 0 bridgehead atoms. The van der Waals surface area contributed by atoms with E-state index < -0.39 is 0 Å². The van der Waals surface area contributed by atoms with Gasteiger partial charge in [-0.15, -0.1) is 0 Å². The largest absolute Gasteiger partial charge is 0.374 e. The molecule has 19 heavy (non-hydrogen) atoms. The van der Waals surface area contributed by atoms with Crippen molar-refractivity contribution in [3.63, 3.8) is 0 Å². The highest BCUT2D eigenvalue weighted by atomic mass is 79.9. The van der Waals surface area contributed by atoms with Crippen LogP contribution in [0.4, 0.5) is 0 Å². The maximum Gasteiger partial charge on any atom is 0.0719 e. The molecule has 0 N–H and O–H groups in total. The molecule has 2 heterocycles. The molecule has 0 aliphatic carbocycles. The normalized spacial score (nSPS) is 26.9. The third-order valence-electron chi connectivity index (χ3n) is 4.49. The van der Waals surface area contributed by atoms with Crippen LogP contribution in [0, 0.1) is 0 Å². The Morgan fingerprint density at radius 3 is 2.58 bits per heavy atom. The summed E-state index contributed by atoms with van der Waals surface area (Å²) >= 11 is 3.69. The van der Waals surface area contributed by atoms with Crippen LogP contribution in [0.5, 0.6) is 0 Å². The molecule has 1 spiro atoms. The summed E-state index contributed by atoms with van der Waals surface area (Å²) in [5.41, 5.74) is 1.64. The molecule has 2 aliphatic rings. The molecule has 104 valence electrons. The highest BCUT2D eigenvalue weighted by Crippen LogP contribution is 2.38. The van der Waals surface area contributed by atoms with Gasteiger partial charge >= 0.3 is 0 Å². The van der Waals surface area contributed by atoms with E-state index >= 15 is 0 Å². The van der Waals surface area contributed by atoms with Crippen LogP contribution in [0.25, 0.3) is 0 Å². The SMILES string of the molecule is Br[C@@H]1COC2(CCN(CCc3ccccc3)CC2)C1. The summed E-state index contributed by atoms with van der Waals surface area (Å²) in [7, 11) is 0. The van der Waals surface area contributed by atoms with Crippen LogP contribution in [0.15, 0.2) is 30.3 Å². The summed E-state index contributed by atoms with van der Waals surface area (Å²) in [6.45, 7) is 4.45. The molecule has 1 aromatic rings. The number of alkyl halides is 1. The fourth-order valence-corrected chi connectivity index (χ4v) is 3.98. The van der Waals surface area contributed by atoms with Crippen LogP contribution >= 0.6 is 15.9 Å². The number of hydrogen-bond donors (Lipinski definition) is 0. The van der Waals surface area contributed by atoms with E-state index in [1.807, 2.05) is 0 Å². The number of ether oxygens (including phenoxy) is 1. The predicted molar refractivity (Wildman–Crippen MR) is 81.8 cm³/mol. The standard InChI is InChI=1S/C16H22BrNO/c17-15-12-16(19-13-15)7-10-18(11-8-16)9-6-14-4-2-1-3-5-14/h1-5,15H,6-13H2/t15-/m0/s1. The maximum atomic E-state index is 6.03. The first kappa shape index (κ1) is 13.6. The summed E-state index contributed by atoms with van der Waals surface area (Å²) in [6.07, 6.45) is 4.75. The van der Waals surface area contributed by atoms with Gasteiger partial charge in [0.05, 0.1) is 12.2 Å². The van der Waals surface area contributed by atoms with Gasteiger partial charge in [-0.3, -0.25) is 0 Å². The third-order valence-corrected chi connectivity index (χ3v) is 5.08. The van der Waals surface area contributed by atoms with Gasteiger partial charge in [0.2, 0.25) is 0 Å². The lowest BCUT2D eigenvalue weighted by atomic mass is 9.88. The van der Waals surface area contributed by atoms with Gasteiger partial charge in [0.25, 0.3) is 0 Å². The molecule has 0 amide bonds. The van der Waals surface area contributed by atoms with E-state index in [4.69, 9.17) is 4.74 Å². The lowest BCUT2D eigenvalue weighted by Gasteiger charge is -2.38. The van der Waals surface area contributed by atoms with E-state index in [9.17, 15) is 0 Å². The summed E-state index contributed by atoms with van der Waals surface area (Å²) < 4.78 is 6.03. The number of likely N-dealkylation sites (tertiary alicyclic amines) is 1. The van der Waals surface area contributed by atoms with Crippen molar-refractivity contribution >= 4 is 15.9 Å². The van der Waals surface area contributed by atoms with E-state index in [2.05, 4.69) is 51.2 Å². The van der Waals surface area contributed by atoms with Crippen molar-refractivity contribution in [2.75, 3.05) is 26.2 Å². The number of halogens is 1. The Morgan fingerprint density at radius 1 is 1.21 bits per heavy atom. The number of benzene rings is 1. The average molecular weight is 324 g/mol. The molecule has 0 saturated carbocycles. The smallest absolute Gasteiger partial charge is 0.0719 e. The van der Waals surface area contributed by atoms with Gasteiger partial charge < -0.3 is 9.64 Å². The van der Waals surface area contributed by atoms with Crippen LogP contribution in [-0.2, 0) is 11.2 Å². The Balaban J connectivity index is 1.46. The quantitative estimate of drug-likeness (QED) is 0.792. The van der Waals surface area contributed by atoms with Crippen LogP contribution in [0.2, 0.25) is 0 Å². The lowest BCUT2D eigenvalue weighted by molar-refractivity contribution is -0.0430. The predicted octanol–water partition coefficient (Wildman–Crippen LogP) is 3.25. The fourth-order valence-electron chi connectivity index (χ4n) is 3.25. The van der Waals surface area contributed by atoms with Crippen molar-refractivity contribution in [3.8, 4) is 0 Å². The molecule has 2 saturated heterocycles. The number of nitrogens with zero attached hydrogens (tertiary/aromatic N) is 1. The van der Waals surface area contributed by atoms with Gasteiger partial charge in [0, 0.05) is 24.5 Å². The Morgan fingerprint density at radius 2 is 1.95 bits per heavy atom. The first-order chi connectivity index (χ1) is 9.26. The molecule has 2 fully saturated rings. The number of rotatable bonds is 3. The Kier molecular flexibility index (Phi) is 4.25. The average Bonchev–Trinajstić information content (AvgIpc) is 2.81. The van der Waals surface area contributed by atoms with Crippen molar-refractivity contribution in [1.82, 2.24) is 4.90 Å². The molecule has 0 radical (unpaired) electrons. The highest BCUT2D eigenvalue weighted by Gasteiger charge is 2.41. The third kappa shape index (κ3) is 3.39. The molecule has 1 atom stereocenters. The van der Waals surface area contributed by atoms with Gasteiger partial charge in [-0.05, 0) is 31.2 Å². The summed E-state index contributed by atoms with van der Waals surface area (Å²) in [5, 5.41) is 0. The molecule has 2 nitrogen and oxygen atoms in total. The zero-order chi connectivity index (χ0) is 13.1. The molecule has 0 unspecified atom stereocenters. The minimum Gasteiger partial charge on any atom is -0.374 e. The second-order valence-electron chi connectivity index (χ2n) is 5.87. The van der Waals surface area contributed by atoms with Gasteiger partial charge in [0.15, 0.2) is 0 Å². The van der Waals surface area contributed by atoms with Gasteiger partial charge in [-0.1, -0.05) is 46.3 Å². The first-order valence-corrected chi connectivity index (χ1v) is 8.22. The van der Waals surface area contributed by atoms with Gasteiger partial charge in [-0.25, -0.2) is 0 Å². The molecular formula is C16H22BrNO. The molecule has 0 aromatic heterocycles. The molecule has 3 rings (SSSR count). The van der Waals surface area contributed by atoms with E-state index in [1.54, 1.807) is 0 Å². The second-order valence-corrected chi connectivity index (χ2v) is 7.17. The molecule has 3 heteroatoms. The molecule has 2 aliphatic heterocycles. The minimum absolute atomic E-state index is 0.192. The molecular weight excluding hydrogens is 302 g/mol. The van der Waals surface area contributed by atoms with Crippen molar-refractivity contribution < 1.29 is 4.74 Å². The Bertz CT molecular complexity index is 400. The number of piperidine rings is 1. The van der Waals surface area contributed by atoms with E-state index in [1.165, 1.54) is 44.5 Å². The summed E-state index contributed by atoms with van der Waals surface area (Å²) in [5.74, 6) is 0. The minimum atomic E-state index is 0.192. The monoisotopic (exact) mass is 323 g/mol. The highest BCUT2D eigenvalue weighted by molar-refractivity contribution is 9.09. The van der Waals surface area contributed by atoms with Crippen LogP contribution in [0.3, 0.4) is 0 Å². The zero-order valence-corrected chi connectivity index (χ0v) is 12.9.